The number of methoxy groups -OCH3 is 2. The van der Waals surface area contributed by atoms with Crippen LogP contribution in [0.1, 0.15) is 24.2 Å². The smallest absolute Gasteiger partial charge is 0.221 e. The quantitative estimate of drug-likeness (QED) is 0.794. The number of rotatable bonds is 3. The number of hydrogen-bond acceptors (Lipinski definition) is 4. The molecule has 1 aromatic rings. The Kier molecular flexibility index (Phi) is 3.30. The van der Waals surface area contributed by atoms with Gasteiger partial charge < -0.3 is 15.2 Å². The van der Waals surface area contributed by atoms with E-state index < -0.39 is 0 Å². The number of nitrogens with two attached hydrogens (primary N) is 1. The molecule has 2 N–H and O–H groups in total. The predicted molar refractivity (Wildman–Crippen MR) is 54.7 cm³/mol. The summed E-state index contributed by atoms with van der Waals surface area (Å²) in [7, 11) is 3.19. The number of aryl methyl sites for hydroxylation is 1. The first kappa shape index (κ1) is 10.8. The van der Waals surface area contributed by atoms with Crippen molar-refractivity contribution in [2.75, 3.05) is 14.2 Å². The monoisotopic (exact) mass is 196 g/mol. The zero-order chi connectivity index (χ0) is 10.7. The van der Waals surface area contributed by atoms with Gasteiger partial charge in [-0.3, -0.25) is 0 Å². The van der Waals surface area contributed by atoms with Crippen LogP contribution in [-0.4, -0.2) is 19.2 Å². The number of ether oxygens (including phenoxy) is 2. The summed E-state index contributed by atoms with van der Waals surface area (Å²) in [4.78, 5) is 4.24. The summed E-state index contributed by atoms with van der Waals surface area (Å²) >= 11 is 0. The summed E-state index contributed by atoms with van der Waals surface area (Å²) in [5, 5.41) is 0. The van der Waals surface area contributed by atoms with E-state index in [9.17, 15) is 0 Å². The minimum Gasteiger partial charge on any atom is -0.496 e. The van der Waals surface area contributed by atoms with Crippen LogP contribution in [0.15, 0.2) is 6.07 Å². The van der Waals surface area contributed by atoms with Gasteiger partial charge in [0.25, 0.3) is 0 Å². The average Bonchev–Trinajstić information content (AvgIpc) is 2.15. The van der Waals surface area contributed by atoms with Crippen LogP contribution in [0, 0.1) is 6.92 Å². The maximum absolute atomic E-state index is 5.82. The molecule has 0 fully saturated rings. The first-order valence-corrected chi connectivity index (χ1v) is 4.45. The Morgan fingerprint density at radius 2 is 2.00 bits per heavy atom. The minimum absolute atomic E-state index is 0.159. The Morgan fingerprint density at radius 1 is 1.36 bits per heavy atom. The first-order chi connectivity index (χ1) is 6.60. The lowest BCUT2D eigenvalue weighted by Gasteiger charge is -2.15. The van der Waals surface area contributed by atoms with Gasteiger partial charge in [-0.25, -0.2) is 4.98 Å². The Morgan fingerprint density at radius 3 is 2.43 bits per heavy atom. The molecule has 78 valence electrons. The van der Waals surface area contributed by atoms with Gasteiger partial charge in [-0.15, -0.1) is 0 Å². The number of aromatic nitrogens is 1. The molecular weight excluding hydrogens is 180 g/mol. The van der Waals surface area contributed by atoms with Crippen LogP contribution in [0.4, 0.5) is 0 Å². The van der Waals surface area contributed by atoms with Crippen molar-refractivity contribution in [3.05, 3.63) is 17.3 Å². The molecule has 14 heavy (non-hydrogen) atoms. The Balaban J connectivity index is 3.33. The second-order valence-electron chi connectivity index (χ2n) is 3.18. The molecule has 0 aliphatic heterocycles. The molecule has 1 heterocycles. The number of hydrogen-bond donors (Lipinski definition) is 1. The molecule has 0 aromatic carbocycles. The highest BCUT2D eigenvalue weighted by Gasteiger charge is 2.16. The van der Waals surface area contributed by atoms with Crippen LogP contribution in [0.2, 0.25) is 0 Å². The van der Waals surface area contributed by atoms with Crippen LogP contribution in [-0.2, 0) is 0 Å². The van der Waals surface area contributed by atoms with Gasteiger partial charge in [0.2, 0.25) is 5.88 Å². The maximum atomic E-state index is 5.82. The highest BCUT2D eigenvalue weighted by Crippen LogP contribution is 2.31. The highest BCUT2D eigenvalue weighted by atomic mass is 16.5. The van der Waals surface area contributed by atoms with E-state index in [0.717, 1.165) is 17.0 Å². The molecule has 0 amide bonds. The predicted octanol–water partition coefficient (Wildman–Crippen LogP) is 1.43. The molecule has 0 bridgehead atoms. The third kappa shape index (κ3) is 1.96. The maximum Gasteiger partial charge on any atom is 0.221 e. The van der Waals surface area contributed by atoms with Crippen molar-refractivity contribution < 1.29 is 9.47 Å². The number of nitrogens with zero attached hydrogens (tertiary/aromatic N) is 1. The Hall–Kier alpha value is -1.29. The number of pyridine rings is 1. The lowest BCUT2D eigenvalue weighted by molar-refractivity contribution is 0.368. The normalized spacial score (nSPS) is 12.4. The molecule has 0 aliphatic carbocycles. The van der Waals surface area contributed by atoms with E-state index in [1.807, 2.05) is 19.9 Å². The fraction of sp³-hybridized carbons (Fsp3) is 0.500. The van der Waals surface area contributed by atoms with E-state index in [1.54, 1.807) is 14.2 Å². The highest BCUT2D eigenvalue weighted by molar-refractivity contribution is 5.43. The third-order valence-electron chi connectivity index (χ3n) is 1.98. The fourth-order valence-electron chi connectivity index (χ4n) is 1.37. The summed E-state index contributed by atoms with van der Waals surface area (Å²) in [6.07, 6.45) is 0. The Labute approximate surface area is 84.0 Å². The lowest BCUT2D eigenvalue weighted by atomic mass is 10.1. The molecule has 0 spiro atoms. The molecule has 0 saturated carbocycles. The summed E-state index contributed by atoms with van der Waals surface area (Å²) in [6, 6.07) is 1.69. The van der Waals surface area contributed by atoms with Gasteiger partial charge in [0.1, 0.15) is 5.75 Å². The molecule has 0 radical (unpaired) electrons. The second-order valence-corrected chi connectivity index (χ2v) is 3.18. The molecule has 4 nitrogen and oxygen atoms in total. The van der Waals surface area contributed by atoms with Crippen molar-refractivity contribution >= 4 is 0 Å². The molecule has 1 atom stereocenters. The molecule has 0 saturated heterocycles. The van der Waals surface area contributed by atoms with Gasteiger partial charge in [0, 0.05) is 17.8 Å². The standard InChI is InChI=1S/C10H16N2O2/c1-6-5-8(13-3)9(7(2)11)10(12-6)14-4/h5,7H,11H2,1-4H3. The summed E-state index contributed by atoms with van der Waals surface area (Å²) in [6.45, 7) is 3.76. The summed E-state index contributed by atoms with van der Waals surface area (Å²) < 4.78 is 10.4. The van der Waals surface area contributed by atoms with E-state index >= 15 is 0 Å². The average molecular weight is 196 g/mol. The molecule has 4 heteroatoms. The molecule has 1 aromatic heterocycles. The van der Waals surface area contributed by atoms with Crippen molar-refractivity contribution in [1.29, 1.82) is 0 Å². The van der Waals surface area contributed by atoms with Gasteiger partial charge >= 0.3 is 0 Å². The van der Waals surface area contributed by atoms with Crippen LogP contribution in [0.25, 0.3) is 0 Å². The topological polar surface area (TPSA) is 57.4 Å². The van der Waals surface area contributed by atoms with E-state index in [1.165, 1.54) is 0 Å². The lowest BCUT2D eigenvalue weighted by Crippen LogP contribution is -2.10. The van der Waals surface area contributed by atoms with Crippen molar-refractivity contribution in [1.82, 2.24) is 4.98 Å². The van der Waals surface area contributed by atoms with Gasteiger partial charge in [-0.1, -0.05) is 0 Å². The fourth-order valence-corrected chi connectivity index (χ4v) is 1.37. The van der Waals surface area contributed by atoms with E-state index in [4.69, 9.17) is 15.2 Å². The Bertz CT molecular complexity index is 299. The molecule has 1 unspecified atom stereocenters. The van der Waals surface area contributed by atoms with Crippen molar-refractivity contribution in [3.8, 4) is 11.6 Å². The van der Waals surface area contributed by atoms with Crippen LogP contribution in [0.5, 0.6) is 11.6 Å². The zero-order valence-electron chi connectivity index (χ0n) is 9.00. The van der Waals surface area contributed by atoms with Crippen molar-refractivity contribution in [3.63, 3.8) is 0 Å². The summed E-state index contributed by atoms with van der Waals surface area (Å²) in [5.41, 5.74) is 7.47. The van der Waals surface area contributed by atoms with Gasteiger partial charge in [0.15, 0.2) is 0 Å². The second kappa shape index (κ2) is 4.28. The SMILES string of the molecule is COc1cc(C)nc(OC)c1C(C)N. The first-order valence-electron chi connectivity index (χ1n) is 4.45. The molecule has 0 aliphatic rings. The van der Waals surface area contributed by atoms with Gasteiger partial charge in [0.05, 0.1) is 19.8 Å². The van der Waals surface area contributed by atoms with Crippen molar-refractivity contribution in [2.45, 2.75) is 19.9 Å². The third-order valence-corrected chi connectivity index (χ3v) is 1.98. The summed E-state index contributed by atoms with van der Waals surface area (Å²) in [5.74, 6) is 1.27. The van der Waals surface area contributed by atoms with E-state index in [0.29, 0.717) is 5.88 Å². The zero-order valence-corrected chi connectivity index (χ0v) is 9.00. The van der Waals surface area contributed by atoms with Crippen molar-refractivity contribution in [2.24, 2.45) is 5.73 Å². The van der Waals surface area contributed by atoms with Gasteiger partial charge in [-0.05, 0) is 13.8 Å². The van der Waals surface area contributed by atoms with Crippen LogP contribution < -0.4 is 15.2 Å². The van der Waals surface area contributed by atoms with E-state index in [-0.39, 0.29) is 6.04 Å². The largest absolute Gasteiger partial charge is 0.496 e. The van der Waals surface area contributed by atoms with Crippen LogP contribution in [0.3, 0.4) is 0 Å². The van der Waals surface area contributed by atoms with Crippen LogP contribution >= 0.6 is 0 Å². The molecular formula is C10H16N2O2. The van der Waals surface area contributed by atoms with Gasteiger partial charge in [-0.2, -0.15) is 0 Å². The van der Waals surface area contributed by atoms with E-state index in [2.05, 4.69) is 4.98 Å². The minimum atomic E-state index is -0.159. The molecule has 1 rings (SSSR count).